The van der Waals surface area contributed by atoms with Gasteiger partial charge in [-0.2, -0.15) is 4.98 Å². The predicted octanol–water partition coefficient (Wildman–Crippen LogP) is 5.31. The highest BCUT2D eigenvalue weighted by atomic mass is 19.1. The minimum atomic E-state index is -1.11. The van der Waals surface area contributed by atoms with Gasteiger partial charge in [-0.05, 0) is 50.7 Å². The van der Waals surface area contributed by atoms with Crippen LogP contribution in [0.3, 0.4) is 0 Å². The van der Waals surface area contributed by atoms with Crippen molar-refractivity contribution < 1.29 is 22.8 Å². The Morgan fingerprint density at radius 1 is 0.955 bits per heavy atom. The summed E-state index contributed by atoms with van der Waals surface area (Å²) < 4.78 is 44.5. The molecule has 0 unspecified atom stereocenters. The molecular weight excluding hydrogens is 575 g/mol. The molecule has 1 saturated carbocycles. The number of piperidine rings is 1. The van der Waals surface area contributed by atoms with Crippen LogP contribution >= 0.6 is 0 Å². The molecule has 0 radical (unpaired) electrons. The normalized spacial score (nSPS) is 20.3. The van der Waals surface area contributed by atoms with Gasteiger partial charge in [-0.1, -0.05) is 18.2 Å². The van der Waals surface area contributed by atoms with Crippen molar-refractivity contribution in [2.75, 3.05) is 29.0 Å². The highest BCUT2D eigenvalue weighted by Gasteiger charge is 2.30. The van der Waals surface area contributed by atoms with E-state index in [1.54, 1.807) is 9.47 Å². The lowest BCUT2D eigenvalue weighted by atomic mass is 9.85. The van der Waals surface area contributed by atoms with Crippen LogP contribution in [0.2, 0.25) is 0 Å². The van der Waals surface area contributed by atoms with Crippen molar-refractivity contribution in [1.82, 2.24) is 24.4 Å². The summed E-state index contributed by atoms with van der Waals surface area (Å²) in [5.74, 6) is -3.45. The van der Waals surface area contributed by atoms with Crippen molar-refractivity contribution in [2.24, 2.45) is 11.7 Å². The average Bonchev–Trinajstić information content (AvgIpc) is 3.37. The zero-order chi connectivity index (χ0) is 30.8. The van der Waals surface area contributed by atoms with E-state index in [4.69, 9.17) is 10.7 Å². The molecule has 14 heteroatoms. The molecule has 11 nitrogen and oxygen atoms in total. The number of nitrogens with two attached hydrogens (primary N) is 1. The second kappa shape index (κ2) is 12.4. The maximum Gasteiger partial charge on any atom is 0.321 e. The van der Waals surface area contributed by atoms with E-state index in [-0.39, 0.29) is 35.9 Å². The van der Waals surface area contributed by atoms with Crippen molar-refractivity contribution in [3.8, 4) is 0 Å². The molecule has 0 bridgehead atoms. The molecule has 2 aliphatic rings. The lowest BCUT2D eigenvalue weighted by Gasteiger charge is -2.33. The Morgan fingerprint density at radius 3 is 2.39 bits per heavy atom. The zero-order valence-corrected chi connectivity index (χ0v) is 23.8. The van der Waals surface area contributed by atoms with Crippen LogP contribution in [0.1, 0.15) is 44.6 Å². The van der Waals surface area contributed by atoms with Crippen LogP contribution in [0.15, 0.2) is 48.7 Å². The number of benzene rings is 2. The molecule has 2 fully saturated rings. The summed E-state index contributed by atoms with van der Waals surface area (Å²) in [4.78, 5) is 40.1. The summed E-state index contributed by atoms with van der Waals surface area (Å²) in [5, 5.41) is 8.94. The molecule has 5 N–H and O–H groups in total. The SMILES string of the molecule is NC(=O)[C@H]1CC[C@H](n2c(Nc3c(F)cc(F)cc3F)nc3cnc(N[C@@H]4CCCN(C(=O)Nc5ccccc5)C4)nc32)CC1. The third-order valence-corrected chi connectivity index (χ3v) is 8.21. The Balaban J connectivity index is 1.26. The van der Waals surface area contributed by atoms with E-state index >= 15 is 0 Å². The van der Waals surface area contributed by atoms with Gasteiger partial charge in [-0.15, -0.1) is 0 Å². The molecule has 3 amide bonds. The first-order valence-corrected chi connectivity index (χ1v) is 14.6. The number of primary amides is 1. The van der Waals surface area contributed by atoms with Crippen molar-refractivity contribution in [2.45, 2.75) is 50.6 Å². The summed E-state index contributed by atoms with van der Waals surface area (Å²) in [6.45, 7) is 1.05. The van der Waals surface area contributed by atoms with Crippen LogP contribution in [0.4, 0.5) is 41.2 Å². The predicted molar refractivity (Wildman–Crippen MR) is 159 cm³/mol. The van der Waals surface area contributed by atoms with Crippen molar-refractivity contribution in [3.05, 3.63) is 66.1 Å². The number of carbonyl (C=O) groups excluding carboxylic acids is 2. The summed E-state index contributed by atoms with van der Waals surface area (Å²) in [6.07, 6.45) is 5.29. The third kappa shape index (κ3) is 6.24. The first kappa shape index (κ1) is 29.2. The number of hydrogen-bond acceptors (Lipinski definition) is 7. The van der Waals surface area contributed by atoms with E-state index in [0.717, 1.165) is 12.8 Å². The number of halogens is 3. The fourth-order valence-corrected chi connectivity index (χ4v) is 5.97. The van der Waals surface area contributed by atoms with Crippen LogP contribution in [0.5, 0.6) is 0 Å². The molecule has 6 rings (SSSR count). The molecule has 1 aliphatic carbocycles. The van der Waals surface area contributed by atoms with E-state index in [2.05, 4.69) is 25.9 Å². The number of aromatic nitrogens is 4. The lowest BCUT2D eigenvalue weighted by molar-refractivity contribution is -0.122. The van der Waals surface area contributed by atoms with E-state index in [1.165, 1.54) is 6.20 Å². The molecule has 0 spiro atoms. The van der Waals surface area contributed by atoms with Gasteiger partial charge in [0, 0.05) is 48.9 Å². The van der Waals surface area contributed by atoms with Crippen molar-refractivity contribution >= 4 is 46.4 Å². The van der Waals surface area contributed by atoms with Gasteiger partial charge in [0.1, 0.15) is 17.0 Å². The van der Waals surface area contributed by atoms with Crippen LogP contribution in [-0.4, -0.2) is 55.5 Å². The number of nitrogens with zero attached hydrogens (tertiary/aromatic N) is 5. The molecule has 4 aromatic rings. The van der Waals surface area contributed by atoms with E-state index in [0.29, 0.717) is 73.7 Å². The van der Waals surface area contributed by atoms with E-state index < -0.39 is 23.1 Å². The lowest BCUT2D eigenvalue weighted by Crippen LogP contribution is -2.47. The molecule has 44 heavy (non-hydrogen) atoms. The Hall–Kier alpha value is -4.88. The van der Waals surface area contributed by atoms with Gasteiger partial charge in [0.05, 0.1) is 6.20 Å². The van der Waals surface area contributed by atoms with E-state index in [9.17, 15) is 22.8 Å². The fraction of sp³-hybridized carbons (Fsp3) is 0.367. The maximum atomic E-state index is 14.6. The average molecular weight is 608 g/mol. The number of carbonyl (C=O) groups is 2. The number of urea groups is 1. The first-order chi connectivity index (χ1) is 21.2. The molecule has 1 atom stereocenters. The number of amides is 3. The van der Waals surface area contributed by atoms with Gasteiger partial charge in [0.2, 0.25) is 17.8 Å². The maximum absolute atomic E-state index is 14.6. The van der Waals surface area contributed by atoms with Crippen LogP contribution in [0, 0.1) is 23.4 Å². The Morgan fingerprint density at radius 2 is 1.68 bits per heavy atom. The molecular formula is C30H32F3N9O2. The van der Waals surface area contributed by atoms with Gasteiger partial charge < -0.3 is 26.6 Å². The van der Waals surface area contributed by atoms with Crippen LogP contribution in [0.25, 0.3) is 11.2 Å². The van der Waals surface area contributed by atoms with Gasteiger partial charge in [-0.25, -0.2) is 27.9 Å². The molecule has 2 aromatic heterocycles. The number of hydrogen-bond donors (Lipinski definition) is 4. The molecule has 3 heterocycles. The summed E-state index contributed by atoms with van der Waals surface area (Å²) in [7, 11) is 0. The molecule has 1 saturated heterocycles. The number of fused-ring (bicyclic) bond motifs is 1. The molecule has 2 aromatic carbocycles. The van der Waals surface area contributed by atoms with Crippen LogP contribution in [-0.2, 0) is 4.79 Å². The van der Waals surface area contributed by atoms with Gasteiger partial charge in [0.15, 0.2) is 17.3 Å². The quantitative estimate of drug-likeness (QED) is 0.223. The summed E-state index contributed by atoms with van der Waals surface area (Å²) >= 11 is 0. The molecule has 230 valence electrons. The first-order valence-electron chi connectivity index (χ1n) is 14.6. The number of likely N-dealkylation sites (tertiary alicyclic amines) is 1. The number of imidazole rings is 1. The van der Waals surface area contributed by atoms with Crippen LogP contribution < -0.4 is 21.7 Å². The number of nitrogens with one attached hydrogen (secondary N) is 3. The van der Waals surface area contributed by atoms with E-state index in [1.807, 2.05) is 30.3 Å². The second-order valence-corrected chi connectivity index (χ2v) is 11.2. The smallest absolute Gasteiger partial charge is 0.321 e. The van der Waals surface area contributed by atoms with Gasteiger partial charge >= 0.3 is 6.03 Å². The number of rotatable bonds is 7. The largest absolute Gasteiger partial charge is 0.369 e. The standard InChI is InChI=1S/C30H32F3N9O2/c31-18-13-22(32)25(23(33)14-18)39-29-38-24-15-35-28(40-27(24)42(29)21-10-8-17(9-11-21)26(34)43)36-20-7-4-12-41(16-20)30(44)37-19-5-2-1-3-6-19/h1-3,5-6,13-15,17,20-21H,4,7-12,16H2,(H2,34,43)(H,37,44)(H,38,39)(H,35,36,40)/t17-,20-,21-/m1/s1. The number of para-hydroxylation sites is 1. The molecule has 1 aliphatic heterocycles. The topological polar surface area (TPSA) is 143 Å². The summed E-state index contributed by atoms with van der Waals surface area (Å²) in [6, 6.07) is 9.89. The Bertz CT molecular complexity index is 1650. The highest BCUT2D eigenvalue weighted by Crippen LogP contribution is 2.37. The highest BCUT2D eigenvalue weighted by molar-refractivity contribution is 5.89. The zero-order valence-electron chi connectivity index (χ0n) is 23.8. The Labute approximate surface area is 251 Å². The minimum Gasteiger partial charge on any atom is -0.369 e. The number of anilines is 4. The van der Waals surface area contributed by atoms with Gasteiger partial charge in [0.25, 0.3) is 0 Å². The van der Waals surface area contributed by atoms with Crippen molar-refractivity contribution in [1.29, 1.82) is 0 Å². The third-order valence-electron chi connectivity index (χ3n) is 8.21. The minimum absolute atomic E-state index is 0.111. The second-order valence-electron chi connectivity index (χ2n) is 11.2. The fourth-order valence-electron chi connectivity index (χ4n) is 5.97. The Kier molecular flexibility index (Phi) is 8.22. The van der Waals surface area contributed by atoms with Crippen molar-refractivity contribution in [3.63, 3.8) is 0 Å². The van der Waals surface area contributed by atoms with Gasteiger partial charge in [-0.3, -0.25) is 9.36 Å². The monoisotopic (exact) mass is 607 g/mol. The summed E-state index contributed by atoms with van der Waals surface area (Å²) in [5.41, 5.74) is 6.50.